The second-order valence-electron chi connectivity index (χ2n) is 5.11. The van der Waals surface area contributed by atoms with Crippen LogP contribution in [0.2, 0.25) is 0 Å². The number of nitrogens with one attached hydrogen (secondary N) is 1. The highest BCUT2D eigenvalue weighted by Crippen LogP contribution is 2.37. The predicted molar refractivity (Wildman–Crippen MR) is 64.4 cm³/mol. The molecule has 84 valence electrons. The van der Waals surface area contributed by atoms with Crippen LogP contribution in [0.15, 0.2) is 47.6 Å². The molecule has 0 amide bonds. The molecular formula is C14H17NO. The summed E-state index contributed by atoms with van der Waals surface area (Å²) < 4.78 is 5.99. The third-order valence-corrected chi connectivity index (χ3v) is 3.50. The van der Waals surface area contributed by atoms with E-state index in [1.165, 1.54) is 5.70 Å². The largest absolute Gasteiger partial charge is 0.457 e. The van der Waals surface area contributed by atoms with Crippen LogP contribution in [0.25, 0.3) is 0 Å². The van der Waals surface area contributed by atoms with Crippen LogP contribution < -0.4 is 5.32 Å². The van der Waals surface area contributed by atoms with Crippen molar-refractivity contribution in [1.82, 2.24) is 5.32 Å². The van der Waals surface area contributed by atoms with Crippen molar-refractivity contribution in [2.45, 2.75) is 32.2 Å². The summed E-state index contributed by atoms with van der Waals surface area (Å²) in [7, 11) is 0. The predicted octanol–water partition coefficient (Wildman–Crippen LogP) is 3.02. The van der Waals surface area contributed by atoms with Gasteiger partial charge in [0.2, 0.25) is 0 Å². The molecule has 0 radical (unpaired) electrons. The van der Waals surface area contributed by atoms with Crippen LogP contribution in [0.3, 0.4) is 0 Å². The molecule has 2 aliphatic carbocycles. The highest BCUT2D eigenvalue weighted by Gasteiger charge is 2.37. The van der Waals surface area contributed by atoms with Gasteiger partial charge in [-0.1, -0.05) is 25.2 Å². The first-order valence-corrected chi connectivity index (χ1v) is 5.92. The number of rotatable bonds is 0. The van der Waals surface area contributed by atoms with Crippen molar-refractivity contribution in [3.8, 4) is 0 Å². The van der Waals surface area contributed by atoms with Crippen molar-refractivity contribution in [1.29, 1.82) is 0 Å². The monoisotopic (exact) mass is 215 g/mol. The van der Waals surface area contributed by atoms with Crippen molar-refractivity contribution < 1.29 is 4.74 Å². The van der Waals surface area contributed by atoms with E-state index in [2.05, 4.69) is 49.5 Å². The van der Waals surface area contributed by atoms with Crippen molar-refractivity contribution >= 4 is 0 Å². The van der Waals surface area contributed by atoms with E-state index in [9.17, 15) is 0 Å². The summed E-state index contributed by atoms with van der Waals surface area (Å²) in [5, 5.41) is 3.65. The minimum atomic E-state index is -0.0432. The lowest BCUT2D eigenvalue weighted by atomic mass is 9.87. The maximum absolute atomic E-state index is 5.99. The normalized spacial score (nSPS) is 35.9. The second kappa shape index (κ2) is 3.27. The fourth-order valence-corrected chi connectivity index (χ4v) is 2.51. The molecule has 0 saturated carbocycles. The minimum Gasteiger partial charge on any atom is -0.457 e. The number of allylic oxidation sites excluding steroid dienone is 5. The Labute approximate surface area is 96.4 Å². The first-order valence-electron chi connectivity index (χ1n) is 5.92. The molecule has 2 nitrogen and oxygen atoms in total. The van der Waals surface area contributed by atoms with Crippen LogP contribution in [-0.4, -0.2) is 5.54 Å². The van der Waals surface area contributed by atoms with Crippen molar-refractivity contribution in [2.24, 2.45) is 5.92 Å². The van der Waals surface area contributed by atoms with Gasteiger partial charge in [0.1, 0.15) is 11.5 Å². The summed E-state index contributed by atoms with van der Waals surface area (Å²) in [6, 6.07) is 0. The number of fused-ring (bicyclic) bond motifs is 1. The summed E-state index contributed by atoms with van der Waals surface area (Å²) in [5.41, 5.74) is 1.21. The third kappa shape index (κ3) is 1.41. The van der Waals surface area contributed by atoms with Crippen LogP contribution in [0.5, 0.6) is 0 Å². The van der Waals surface area contributed by atoms with E-state index in [1.807, 2.05) is 0 Å². The molecule has 0 bridgehead atoms. The molecule has 0 unspecified atom stereocenters. The van der Waals surface area contributed by atoms with Gasteiger partial charge in [-0.05, 0) is 37.8 Å². The highest BCUT2D eigenvalue weighted by molar-refractivity contribution is 5.37. The molecule has 2 heteroatoms. The molecule has 0 aromatic heterocycles. The molecule has 0 aromatic carbocycles. The van der Waals surface area contributed by atoms with Crippen LogP contribution in [0, 0.1) is 5.92 Å². The van der Waals surface area contributed by atoms with E-state index in [0.29, 0.717) is 5.92 Å². The number of hydrogen-bond donors (Lipinski definition) is 1. The van der Waals surface area contributed by atoms with Crippen molar-refractivity contribution in [3.63, 3.8) is 0 Å². The third-order valence-electron chi connectivity index (χ3n) is 3.50. The van der Waals surface area contributed by atoms with Crippen LogP contribution in [0.1, 0.15) is 26.7 Å². The topological polar surface area (TPSA) is 21.3 Å². The lowest BCUT2D eigenvalue weighted by Crippen LogP contribution is -2.48. The lowest BCUT2D eigenvalue weighted by molar-refractivity contribution is 0.189. The quantitative estimate of drug-likeness (QED) is 0.670. The van der Waals surface area contributed by atoms with Crippen molar-refractivity contribution in [3.05, 3.63) is 47.6 Å². The molecule has 0 saturated heterocycles. The Morgan fingerprint density at radius 3 is 3.25 bits per heavy atom. The van der Waals surface area contributed by atoms with Gasteiger partial charge in [0.05, 0.1) is 11.2 Å². The summed E-state index contributed by atoms with van der Waals surface area (Å²) in [5.74, 6) is 2.63. The Balaban J connectivity index is 1.97. The summed E-state index contributed by atoms with van der Waals surface area (Å²) in [6.07, 6.45) is 12.7. The molecule has 1 heterocycles. The van der Waals surface area contributed by atoms with Gasteiger partial charge in [-0.25, -0.2) is 0 Å². The SMILES string of the molecule is C[C@H]1C=CC2=C(C1)N[C@@]1(C)CC=CC=C1O2. The fourth-order valence-electron chi connectivity index (χ4n) is 2.51. The Bertz CT molecular complexity index is 442. The van der Waals surface area contributed by atoms with Gasteiger partial charge in [-0.3, -0.25) is 0 Å². The number of hydrogen-bond acceptors (Lipinski definition) is 2. The molecule has 0 fully saturated rings. The van der Waals surface area contributed by atoms with Gasteiger partial charge in [0, 0.05) is 0 Å². The fraction of sp³-hybridized carbons (Fsp3) is 0.429. The first-order chi connectivity index (χ1) is 7.67. The standard InChI is InChI=1S/C14H17NO/c1-10-6-7-12-11(9-10)15-14(2)8-4-3-5-13(14)16-12/h3-7,10,15H,8-9H2,1-2H3/t10-,14-/m0/s1. The second-order valence-corrected chi connectivity index (χ2v) is 5.11. The van der Waals surface area contributed by atoms with Gasteiger partial charge in [-0.2, -0.15) is 0 Å². The molecule has 1 aliphatic heterocycles. The molecule has 0 aromatic rings. The van der Waals surface area contributed by atoms with Gasteiger partial charge >= 0.3 is 0 Å². The van der Waals surface area contributed by atoms with E-state index in [4.69, 9.17) is 4.74 Å². The van der Waals surface area contributed by atoms with Crippen LogP contribution in [0.4, 0.5) is 0 Å². The molecule has 3 rings (SSSR count). The maximum atomic E-state index is 5.99. The summed E-state index contributed by atoms with van der Waals surface area (Å²) in [4.78, 5) is 0. The van der Waals surface area contributed by atoms with Gasteiger partial charge in [-0.15, -0.1) is 0 Å². The zero-order valence-corrected chi connectivity index (χ0v) is 9.79. The van der Waals surface area contributed by atoms with Gasteiger partial charge in [0.25, 0.3) is 0 Å². The van der Waals surface area contributed by atoms with Gasteiger partial charge in [0.15, 0.2) is 0 Å². The summed E-state index contributed by atoms with van der Waals surface area (Å²) >= 11 is 0. The zero-order valence-electron chi connectivity index (χ0n) is 9.79. The van der Waals surface area contributed by atoms with Crippen molar-refractivity contribution in [2.75, 3.05) is 0 Å². The molecule has 3 aliphatic rings. The van der Waals surface area contributed by atoms with E-state index >= 15 is 0 Å². The zero-order chi connectivity index (χ0) is 11.2. The Morgan fingerprint density at radius 1 is 1.50 bits per heavy atom. The number of ether oxygens (including phenoxy) is 1. The average molecular weight is 215 g/mol. The Morgan fingerprint density at radius 2 is 2.38 bits per heavy atom. The molecule has 1 N–H and O–H groups in total. The van der Waals surface area contributed by atoms with Crippen LogP contribution in [-0.2, 0) is 4.74 Å². The molecule has 16 heavy (non-hydrogen) atoms. The highest BCUT2D eigenvalue weighted by atomic mass is 16.5. The van der Waals surface area contributed by atoms with E-state index in [0.717, 1.165) is 24.4 Å². The van der Waals surface area contributed by atoms with Crippen LogP contribution >= 0.6 is 0 Å². The minimum absolute atomic E-state index is 0.0432. The Kier molecular flexibility index (Phi) is 2.00. The van der Waals surface area contributed by atoms with E-state index in [-0.39, 0.29) is 5.54 Å². The Hall–Kier alpha value is -1.44. The smallest absolute Gasteiger partial charge is 0.145 e. The maximum Gasteiger partial charge on any atom is 0.145 e. The summed E-state index contributed by atoms with van der Waals surface area (Å²) in [6.45, 7) is 4.44. The molecular weight excluding hydrogens is 198 g/mol. The molecule has 2 atom stereocenters. The molecule has 0 spiro atoms. The average Bonchev–Trinajstić information content (AvgIpc) is 2.25. The van der Waals surface area contributed by atoms with Gasteiger partial charge < -0.3 is 10.1 Å². The van der Waals surface area contributed by atoms with E-state index in [1.54, 1.807) is 0 Å². The first kappa shape index (κ1) is 9.76. The lowest BCUT2D eigenvalue weighted by Gasteiger charge is -2.41. The van der Waals surface area contributed by atoms with E-state index < -0.39 is 0 Å².